The first-order valence-corrected chi connectivity index (χ1v) is 11.8. The second kappa shape index (κ2) is 12.2. The number of rotatable bonds is 9. The van der Waals surface area contributed by atoms with E-state index >= 15 is 0 Å². The molecular formula is C26H43N3O5. The maximum atomic E-state index is 13.8. The van der Waals surface area contributed by atoms with Gasteiger partial charge in [-0.3, -0.25) is 9.59 Å². The predicted molar refractivity (Wildman–Crippen MR) is 133 cm³/mol. The number of carbonyl (C=O) groups is 3. The van der Waals surface area contributed by atoms with Crippen LogP contribution in [0.4, 0.5) is 4.79 Å². The van der Waals surface area contributed by atoms with Crippen LogP contribution < -0.4 is 10.6 Å². The van der Waals surface area contributed by atoms with Crippen LogP contribution in [0.1, 0.15) is 79.0 Å². The van der Waals surface area contributed by atoms with Gasteiger partial charge in [-0.05, 0) is 71.9 Å². The average molecular weight is 478 g/mol. The van der Waals surface area contributed by atoms with Gasteiger partial charge in [-0.25, -0.2) is 4.79 Å². The number of hydrogen-bond acceptors (Lipinski definition) is 5. The monoisotopic (exact) mass is 477 g/mol. The zero-order chi connectivity index (χ0) is 26.3. The second-order valence-corrected chi connectivity index (χ2v) is 11.1. The molecule has 0 bridgehead atoms. The van der Waals surface area contributed by atoms with E-state index in [0.29, 0.717) is 12.0 Å². The molecule has 0 aliphatic rings. The summed E-state index contributed by atoms with van der Waals surface area (Å²) >= 11 is 0. The van der Waals surface area contributed by atoms with E-state index in [-0.39, 0.29) is 25.0 Å². The van der Waals surface area contributed by atoms with Crippen molar-refractivity contribution < 1.29 is 24.2 Å². The van der Waals surface area contributed by atoms with Crippen LogP contribution in [0, 0.1) is 12.8 Å². The van der Waals surface area contributed by atoms with Gasteiger partial charge in [0.2, 0.25) is 11.8 Å². The van der Waals surface area contributed by atoms with E-state index in [1.54, 1.807) is 26.8 Å². The Balaban J connectivity index is 3.47. The van der Waals surface area contributed by atoms with Crippen molar-refractivity contribution >= 4 is 17.9 Å². The normalized spacial score (nSPS) is 13.7. The Morgan fingerprint density at radius 1 is 1.06 bits per heavy atom. The fourth-order valence-electron chi connectivity index (χ4n) is 3.60. The van der Waals surface area contributed by atoms with Crippen LogP contribution in [0.2, 0.25) is 0 Å². The summed E-state index contributed by atoms with van der Waals surface area (Å²) in [6.07, 6.45) is -0.358. The molecule has 3 amide bonds. The number of alkyl carbamates (subject to hydrolysis) is 1. The van der Waals surface area contributed by atoms with Crippen molar-refractivity contribution in [3.63, 3.8) is 0 Å². The Bertz CT molecular complexity index is 840. The van der Waals surface area contributed by atoms with Crippen molar-refractivity contribution in [3.8, 4) is 0 Å². The molecule has 0 aliphatic carbocycles. The summed E-state index contributed by atoms with van der Waals surface area (Å²) in [6.45, 7) is 16.2. The first kappa shape index (κ1) is 29.4. The zero-order valence-corrected chi connectivity index (χ0v) is 22.2. The molecular weight excluding hydrogens is 434 g/mol. The van der Waals surface area contributed by atoms with Gasteiger partial charge in [0.05, 0.1) is 6.61 Å². The molecule has 3 N–H and O–H groups in total. The minimum absolute atomic E-state index is 0.0695. The zero-order valence-electron chi connectivity index (χ0n) is 22.2. The molecule has 2 unspecified atom stereocenters. The van der Waals surface area contributed by atoms with E-state index < -0.39 is 35.2 Å². The van der Waals surface area contributed by atoms with Gasteiger partial charge in [0, 0.05) is 12.1 Å². The molecule has 0 fully saturated rings. The second-order valence-electron chi connectivity index (χ2n) is 11.1. The number of hydrogen-bond donors (Lipinski definition) is 3. The van der Waals surface area contributed by atoms with Crippen LogP contribution >= 0.6 is 0 Å². The average Bonchev–Trinajstić information content (AvgIpc) is 2.64. The summed E-state index contributed by atoms with van der Waals surface area (Å²) in [6, 6.07) is 5.45. The first-order valence-electron chi connectivity index (χ1n) is 11.8. The Labute approximate surface area is 204 Å². The van der Waals surface area contributed by atoms with Crippen molar-refractivity contribution in [2.45, 2.75) is 92.0 Å². The van der Waals surface area contributed by atoms with Crippen LogP contribution in [-0.2, 0) is 14.3 Å². The lowest BCUT2D eigenvalue weighted by Crippen LogP contribution is -2.55. The summed E-state index contributed by atoms with van der Waals surface area (Å²) in [7, 11) is 0. The molecule has 0 saturated heterocycles. The largest absolute Gasteiger partial charge is 0.444 e. The molecule has 2 atom stereocenters. The Kier molecular flexibility index (Phi) is 10.6. The molecule has 0 aromatic heterocycles. The molecule has 0 radical (unpaired) electrons. The maximum Gasteiger partial charge on any atom is 0.408 e. The summed E-state index contributed by atoms with van der Waals surface area (Å²) < 4.78 is 5.37. The van der Waals surface area contributed by atoms with E-state index in [2.05, 4.69) is 10.6 Å². The van der Waals surface area contributed by atoms with Crippen LogP contribution in [-0.4, -0.2) is 58.2 Å². The highest BCUT2D eigenvalue weighted by Crippen LogP contribution is 2.27. The smallest absolute Gasteiger partial charge is 0.408 e. The number of aryl methyl sites for hydroxylation is 1. The standard InChI is InChI=1S/C26H43N3O5/c1-17(2)16-20(27-24(33)34-26(7,8)9)23(32)29(14-15-30)21(22(31)28-25(4,5)6)19-13-11-10-12-18(19)3/h10-13,17,20-21,30H,14-16H2,1-9H3,(H,27,33)(H,28,31). The van der Waals surface area contributed by atoms with Crippen molar-refractivity contribution in [1.29, 1.82) is 0 Å². The fourth-order valence-corrected chi connectivity index (χ4v) is 3.60. The van der Waals surface area contributed by atoms with Gasteiger partial charge in [-0.15, -0.1) is 0 Å². The van der Waals surface area contributed by atoms with Crippen molar-refractivity contribution in [2.75, 3.05) is 13.2 Å². The summed E-state index contributed by atoms with van der Waals surface area (Å²) in [5.41, 5.74) is 0.244. The molecule has 192 valence electrons. The molecule has 0 aliphatic heterocycles. The van der Waals surface area contributed by atoms with Gasteiger partial charge >= 0.3 is 6.09 Å². The molecule has 0 heterocycles. The lowest BCUT2D eigenvalue weighted by atomic mass is 9.95. The van der Waals surface area contributed by atoms with Crippen molar-refractivity contribution in [2.24, 2.45) is 5.92 Å². The molecule has 8 heteroatoms. The van der Waals surface area contributed by atoms with E-state index in [1.807, 2.05) is 59.7 Å². The van der Waals surface area contributed by atoms with Gasteiger partial charge < -0.3 is 25.4 Å². The van der Waals surface area contributed by atoms with Crippen molar-refractivity contribution in [3.05, 3.63) is 35.4 Å². The maximum absolute atomic E-state index is 13.8. The lowest BCUT2D eigenvalue weighted by molar-refractivity contribution is -0.144. The summed E-state index contributed by atoms with van der Waals surface area (Å²) in [5.74, 6) is -0.727. The van der Waals surface area contributed by atoms with Crippen LogP contribution in [0.25, 0.3) is 0 Å². The highest BCUT2D eigenvalue weighted by atomic mass is 16.6. The van der Waals surface area contributed by atoms with Crippen LogP contribution in [0.3, 0.4) is 0 Å². The van der Waals surface area contributed by atoms with Gasteiger partial charge in [-0.2, -0.15) is 0 Å². The molecule has 1 aromatic rings. The third-order valence-electron chi connectivity index (χ3n) is 4.86. The number of benzene rings is 1. The Hall–Kier alpha value is -2.61. The number of nitrogens with zero attached hydrogens (tertiary/aromatic N) is 1. The molecule has 34 heavy (non-hydrogen) atoms. The topological polar surface area (TPSA) is 108 Å². The number of ether oxygens (including phenoxy) is 1. The van der Waals surface area contributed by atoms with E-state index in [4.69, 9.17) is 4.74 Å². The summed E-state index contributed by atoms with van der Waals surface area (Å²) in [5, 5.41) is 15.5. The van der Waals surface area contributed by atoms with Gasteiger partial charge in [-0.1, -0.05) is 38.1 Å². The number of aliphatic hydroxyl groups is 1. The minimum atomic E-state index is -0.977. The highest BCUT2D eigenvalue weighted by Gasteiger charge is 2.37. The molecule has 1 aromatic carbocycles. The SMILES string of the molecule is Cc1ccccc1C(C(=O)NC(C)(C)C)N(CCO)C(=O)C(CC(C)C)NC(=O)OC(C)(C)C. The van der Waals surface area contributed by atoms with E-state index in [1.165, 1.54) is 4.90 Å². The van der Waals surface area contributed by atoms with Crippen LogP contribution in [0.5, 0.6) is 0 Å². The van der Waals surface area contributed by atoms with E-state index in [9.17, 15) is 19.5 Å². The number of nitrogens with one attached hydrogen (secondary N) is 2. The predicted octanol–water partition coefficient (Wildman–Crippen LogP) is 3.71. The number of amides is 3. The molecule has 0 spiro atoms. The van der Waals surface area contributed by atoms with Gasteiger partial charge in [0.15, 0.2) is 0 Å². The molecule has 1 rings (SSSR count). The minimum Gasteiger partial charge on any atom is -0.444 e. The quantitative estimate of drug-likeness (QED) is 0.502. The highest BCUT2D eigenvalue weighted by molar-refractivity contribution is 5.92. The molecule has 0 saturated carbocycles. The molecule has 8 nitrogen and oxygen atoms in total. The number of aliphatic hydroxyl groups excluding tert-OH is 1. The van der Waals surface area contributed by atoms with Gasteiger partial charge in [0.1, 0.15) is 17.7 Å². The Morgan fingerprint density at radius 2 is 1.65 bits per heavy atom. The van der Waals surface area contributed by atoms with Crippen molar-refractivity contribution in [1.82, 2.24) is 15.5 Å². The Morgan fingerprint density at radius 3 is 2.12 bits per heavy atom. The van der Waals surface area contributed by atoms with E-state index in [0.717, 1.165) is 5.56 Å². The fraction of sp³-hybridized carbons (Fsp3) is 0.654. The summed E-state index contributed by atoms with van der Waals surface area (Å²) in [4.78, 5) is 41.2. The number of carbonyl (C=O) groups excluding carboxylic acids is 3. The third-order valence-corrected chi connectivity index (χ3v) is 4.86. The van der Waals surface area contributed by atoms with Crippen LogP contribution in [0.15, 0.2) is 24.3 Å². The van der Waals surface area contributed by atoms with Gasteiger partial charge in [0.25, 0.3) is 0 Å². The third kappa shape index (κ3) is 9.71. The lowest BCUT2D eigenvalue weighted by Gasteiger charge is -2.36. The first-order chi connectivity index (χ1) is 15.6.